The number of rotatable bonds is 2. The van der Waals surface area contributed by atoms with Gasteiger partial charge in [-0.05, 0) is 25.5 Å². The highest BCUT2D eigenvalue weighted by molar-refractivity contribution is 5.66. The molecule has 1 aromatic carbocycles. The smallest absolute Gasteiger partial charge is 0.303 e. The maximum atomic E-state index is 11.1. The van der Waals surface area contributed by atoms with E-state index in [0.717, 1.165) is 0 Å². The van der Waals surface area contributed by atoms with E-state index in [0.29, 0.717) is 0 Å². The van der Waals surface area contributed by atoms with Gasteiger partial charge in [0.25, 0.3) is 0 Å². The van der Waals surface area contributed by atoms with Crippen LogP contribution in [0.5, 0.6) is 0 Å². The number of benzene rings is 1. The van der Waals surface area contributed by atoms with E-state index in [2.05, 4.69) is 44.2 Å². The second kappa shape index (κ2) is 5.21. The first-order valence-corrected chi connectivity index (χ1v) is 6.16. The van der Waals surface area contributed by atoms with Crippen LogP contribution in [0.4, 0.5) is 0 Å². The minimum atomic E-state index is -0.241. The molecule has 0 bridgehead atoms. The number of hydrogen-bond acceptors (Lipinski definition) is 2. The van der Waals surface area contributed by atoms with Gasteiger partial charge in [0, 0.05) is 12.8 Å². The van der Waals surface area contributed by atoms with E-state index in [1.165, 1.54) is 23.6 Å². The predicted octanol–water partition coefficient (Wildman–Crippen LogP) is 3.53. The van der Waals surface area contributed by atoms with Crippen molar-refractivity contribution in [2.45, 2.75) is 32.8 Å². The lowest BCUT2D eigenvalue weighted by atomic mass is 9.87. The molecule has 0 N–H and O–H groups in total. The van der Waals surface area contributed by atoms with Crippen LogP contribution in [0.15, 0.2) is 48.1 Å². The van der Waals surface area contributed by atoms with E-state index in [4.69, 9.17) is 4.74 Å². The monoisotopic (exact) mass is 242 g/mol. The van der Waals surface area contributed by atoms with Crippen LogP contribution >= 0.6 is 0 Å². The highest BCUT2D eigenvalue weighted by Crippen LogP contribution is 2.29. The first kappa shape index (κ1) is 12.6. The molecule has 1 aromatic rings. The number of aryl methyl sites for hydroxylation is 1. The second-order valence-electron chi connectivity index (χ2n) is 4.78. The first-order chi connectivity index (χ1) is 8.56. The lowest BCUT2D eigenvalue weighted by Crippen LogP contribution is -2.23. The average Bonchev–Trinajstić information content (AvgIpc) is 2.32. The van der Waals surface area contributed by atoms with Crippen molar-refractivity contribution in [2.75, 3.05) is 0 Å². The summed E-state index contributed by atoms with van der Waals surface area (Å²) in [5.74, 6) is -0.130. The summed E-state index contributed by atoms with van der Waals surface area (Å²) in [4.78, 5) is 11.1. The fourth-order valence-electron chi connectivity index (χ4n) is 2.18. The Kier molecular flexibility index (Phi) is 3.66. The first-order valence-electron chi connectivity index (χ1n) is 6.16. The normalized spacial score (nSPS) is 22.5. The van der Waals surface area contributed by atoms with Crippen LogP contribution in [-0.4, -0.2) is 12.1 Å². The zero-order valence-corrected chi connectivity index (χ0v) is 11.0. The summed E-state index contributed by atoms with van der Waals surface area (Å²) in [6.07, 6.45) is 5.91. The molecular formula is C16H18O2. The molecule has 1 aliphatic rings. The summed E-state index contributed by atoms with van der Waals surface area (Å²) in [5.41, 5.74) is 3.61. The van der Waals surface area contributed by atoms with Crippen molar-refractivity contribution in [1.29, 1.82) is 0 Å². The maximum Gasteiger partial charge on any atom is 0.303 e. The number of carbonyl (C=O) groups is 1. The Hall–Kier alpha value is -1.83. The van der Waals surface area contributed by atoms with E-state index >= 15 is 0 Å². The minimum absolute atomic E-state index is 0.111. The standard InChI is InChI=1S/C16H18O2/c1-11-4-7-14(8-5-11)15-10-12(2)6-9-16(15)18-13(3)17/h4-10,15-16H,1-3H3/t15-,16?/m0/s1. The third-order valence-corrected chi connectivity index (χ3v) is 3.11. The largest absolute Gasteiger partial charge is 0.457 e. The third-order valence-electron chi connectivity index (χ3n) is 3.11. The van der Waals surface area contributed by atoms with Crippen molar-refractivity contribution >= 4 is 5.97 Å². The van der Waals surface area contributed by atoms with Gasteiger partial charge in [0.1, 0.15) is 6.10 Å². The van der Waals surface area contributed by atoms with Gasteiger partial charge in [-0.3, -0.25) is 4.79 Å². The van der Waals surface area contributed by atoms with Gasteiger partial charge >= 0.3 is 5.97 Å². The molecule has 2 heteroatoms. The van der Waals surface area contributed by atoms with Crippen LogP contribution in [-0.2, 0) is 9.53 Å². The van der Waals surface area contributed by atoms with Crippen molar-refractivity contribution in [3.05, 3.63) is 59.2 Å². The molecule has 1 unspecified atom stereocenters. The zero-order chi connectivity index (χ0) is 13.1. The molecule has 2 atom stereocenters. The molecule has 0 heterocycles. The van der Waals surface area contributed by atoms with Crippen LogP contribution in [0.2, 0.25) is 0 Å². The lowest BCUT2D eigenvalue weighted by molar-refractivity contribution is -0.144. The van der Waals surface area contributed by atoms with E-state index in [-0.39, 0.29) is 18.0 Å². The van der Waals surface area contributed by atoms with Crippen molar-refractivity contribution in [3.8, 4) is 0 Å². The van der Waals surface area contributed by atoms with Gasteiger partial charge in [-0.1, -0.05) is 47.6 Å². The van der Waals surface area contributed by atoms with Crippen LogP contribution in [0.25, 0.3) is 0 Å². The van der Waals surface area contributed by atoms with Crippen LogP contribution in [0.3, 0.4) is 0 Å². The number of hydrogen-bond donors (Lipinski definition) is 0. The Balaban J connectivity index is 2.29. The summed E-state index contributed by atoms with van der Waals surface area (Å²) >= 11 is 0. The topological polar surface area (TPSA) is 26.3 Å². The zero-order valence-electron chi connectivity index (χ0n) is 11.0. The van der Waals surface area contributed by atoms with Crippen molar-refractivity contribution < 1.29 is 9.53 Å². The van der Waals surface area contributed by atoms with Crippen molar-refractivity contribution in [3.63, 3.8) is 0 Å². The van der Waals surface area contributed by atoms with Crippen LogP contribution < -0.4 is 0 Å². The Bertz CT molecular complexity index is 494. The predicted molar refractivity (Wildman–Crippen MR) is 72.4 cm³/mol. The molecule has 0 aromatic heterocycles. The molecule has 0 saturated heterocycles. The number of carbonyl (C=O) groups excluding carboxylic acids is 1. The molecule has 94 valence electrons. The van der Waals surface area contributed by atoms with E-state index in [1.54, 1.807) is 0 Å². The molecule has 0 spiro atoms. The molecule has 1 aliphatic carbocycles. The van der Waals surface area contributed by atoms with E-state index in [9.17, 15) is 4.79 Å². The third kappa shape index (κ3) is 2.89. The van der Waals surface area contributed by atoms with Crippen molar-refractivity contribution in [2.24, 2.45) is 0 Å². The Morgan fingerprint density at radius 2 is 1.83 bits per heavy atom. The SMILES string of the molecule is CC(=O)OC1C=CC(C)=C[C@H]1c1ccc(C)cc1. The molecule has 2 nitrogen and oxygen atoms in total. The van der Waals surface area contributed by atoms with Gasteiger partial charge in [-0.2, -0.15) is 0 Å². The summed E-state index contributed by atoms with van der Waals surface area (Å²) in [7, 11) is 0. The van der Waals surface area contributed by atoms with Gasteiger partial charge in [-0.15, -0.1) is 0 Å². The van der Waals surface area contributed by atoms with Gasteiger partial charge in [0.15, 0.2) is 0 Å². The van der Waals surface area contributed by atoms with Gasteiger partial charge in [0.2, 0.25) is 0 Å². The Labute approximate surface area is 108 Å². The van der Waals surface area contributed by atoms with Crippen LogP contribution in [0.1, 0.15) is 30.9 Å². The molecule has 2 rings (SSSR count). The maximum absolute atomic E-state index is 11.1. The lowest BCUT2D eigenvalue weighted by Gasteiger charge is -2.25. The van der Waals surface area contributed by atoms with Gasteiger partial charge < -0.3 is 4.74 Å². The molecule has 0 amide bonds. The Morgan fingerprint density at radius 3 is 2.44 bits per heavy atom. The number of esters is 1. The Morgan fingerprint density at radius 1 is 1.17 bits per heavy atom. The minimum Gasteiger partial charge on any atom is -0.457 e. The van der Waals surface area contributed by atoms with E-state index in [1.807, 2.05) is 12.2 Å². The summed E-state index contributed by atoms with van der Waals surface area (Å²) < 4.78 is 5.37. The molecule has 0 aliphatic heterocycles. The molecule has 0 saturated carbocycles. The number of allylic oxidation sites excluding steroid dienone is 2. The summed E-state index contributed by atoms with van der Waals surface area (Å²) in [6, 6.07) is 8.36. The molecule has 0 fully saturated rings. The molecular weight excluding hydrogens is 224 g/mol. The second-order valence-corrected chi connectivity index (χ2v) is 4.78. The van der Waals surface area contributed by atoms with Gasteiger partial charge in [0.05, 0.1) is 0 Å². The van der Waals surface area contributed by atoms with Crippen molar-refractivity contribution in [1.82, 2.24) is 0 Å². The molecule has 0 radical (unpaired) electrons. The fraction of sp³-hybridized carbons (Fsp3) is 0.312. The van der Waals surface area contributed by atoms with Gasteiger partial charge in [-0.25, -0.2) is 0 Å². The van der Waals surface area contributed by atoms with E-state index < -0.39 is 0 Å². The number of ether oxygens (including phenoxy) is 1. The molecule has 18 heavy (non-hydrogen) atoms. The fourth-order valence-corrected chi connectivity index (χ4v) is 2.18. The quantitative estimate of drug-likeness (QED) is 0.742. The summed E-state index contributed by atoms with van der Waals surface area (Å²) in [6.45, 7) is 5.57. The highest BCUT2D eigenvalue weighted by atomic mass is 16.5. The highest BCUT2D eigenvalue weighted by Gasteiger charge is 2.24. The van der Waals surface area contributed by atoms with Crippen LogP contribution in [0, 0.1) is 6.92 Å². The summed E-state index contributed by atoms with van der Waals surface area (Å²) in [5, 5.41) is 0. The average molecular weight is 242 g/mol.